The molecule has 2 aromatic heterocycles. The molecule has 2 heterocycles. The molecule has 1 aliphatic carbocycles. The lowest BCUT2D eigenvalue weighted by atomic mass is 9.87. The zero-order valence-corrected chi connectivity index (χ0v) is 19.7. The van der Waals surface area contributed by atoms with Gasteiger partial charge in [-0.3, -0.25) is 10.4 Å². The Morgan fingerprint density at radius 3 is 2.51 bits per heavy atom. The number of anilines is 1. The largest absolute Gasteiger partial charge is 0.470 e. The van der Waals surface area contributed by atoms with E-state index in [-0.39, 0.29) is 0 Å². The van der Waals surface area contributed by atoms with Crippen molar-refractivity contribution in [3.63, 3.8) is 0 Å². The minimum Gasteiger partial charge on any atom is -0.470 e. The van der Waals surface area contributed by atoms with Gasteiger partial charge in [0.05, 0.1) is 11.4 Å². The van der Waals surface area contributed by atoms with Gasteiger partial charge in [0.1, 0.15) is 6.61 Å². The van der Waals surface area contributed by atoms with E-state index in [1.807, 2.05) is 54.7 Å². The van der Waals surface area contributed by atoms with Crippen LogP contribution in [0.1, 0.15) is 36.2 Å². The molecule has 0 atom stereocenters. The zero-order valence-electron chi connectivity index (χ0n) is 19.7. The van der Waals surface area contributed by atoms with Crippen LogP contribution in [0.2, 0.25) is 0 Å². The highest BCUT2D eigenvalue weighted by Crippen LogP contribution is 2.28. The van der Waals surface area contributed by atoms with E-state index in [9.17, 15) is 0 Å². The average molecular weight is 467 g/mol. The maximum absolute atomic E-state index is 6.05. The van der Waals surface area contributed by atoms with Crippen LogP contribution in [0.5, 0.6) is 5.88 Å². The smallest absolute Gasteiger partial charge is 0.241 e. The number of aromatic nitrogens is 3. The van der Waals surface area contributed by atoms with Crippen LogP contribution >= 0.6 is 0 Å². The maximum Gasteiger partial charge on any atom is 0.241 e. The molecule has 4 aromatic rings. The number of pyridine rings is 1. The van der Waals surface area contributed by atoms with E-state index in [1.54, 1.807) is 0 Å². The van der Waals surface area contributed by atoms with Crippen LogP contribution in [0.4, 0.5) is 5.82 Å². The predicted molar refractivity (Wildman–Crippen MR) is 139 cm³/mol. The van der Waals surface area contributed by atoms with E-state index in [1.165, 1.54) is 24.8 Å². The highest BCUT2D eigenvalue weighted by atomic mass is 16.5. The first-order valence-electron chi connectivity index (χ1n) is 12.2. The lowest BCUT2D eigenvalue weighted by Crippen LogP contribution is -2.17. The highest BCUT2D eigenvalue weighted by molar-refractivity contribution is 5.94. The number of fused-ring (bicyclic) bond motifs is 1. The Morgan fingerprint density at radius 1 is 0.886 bits per heavy atom. The summed E-state index contributed by atoms with van der Waals surface area (Å²) >= 11 is 0. The van der Waals surface area contributed by atoms with Crippen molar-refractivity contribution in [2.75, 3.05) is 12.0 Å². The van der Waals surface area contributed by atoms with Crippen LogP contribution in [0, 0.1) is 5.92 Å². The van der Waals surface area contributed by atoms with Crippen LogP contribution in [-0.2, 0) is 19.6 Å². The van der Waals surface area contributed by atoms with Gasteiger partial charge in [-0.15, -0.1) is 10.2 Å². The Kier molecular flexibility index (Phi) is 7.55. The predicted octanol–water partition coefficient (Wildman–Crippen LogP) is 5.13. The number of rotatable bonds is 11. The molecule has 35 heavy (non-hydrogen) atoms. The first-order chi connectivity index (χ1) is 17.3. The van der Waals surface area contributed by atoms with Gasteiger partial charge in [0.2, 0.25) is 5.88 Å². The number of hydrogen-bond acceptors (Lipinski definition) is 7. The van der Waals surface area contributed by atoms with Crippen molar-refractivity contribution < 1.29 is 4.74 Å². The Balaban J connectivity index is 1.18. The van der Waals surface area contributed by atoms with E-state index >= 15 is 0 Å². The molecule has 1 aliphatic rings. The topological polar surface area (TPSA) is 84.3 Å². The van der Waals surface area contributed by atoms with Crippen molar-refractivity contribution >= 4 is 22.8 Å². The van der Waals surface area contributed by atoms with Gasteiger partial charge in [-0.25, -0.2) is 0 Å². The molecule has 5 rings (SSSR count). The van der Waals surface area contributed by atoms with Gasteiger partial charge < -0.3 is 10.1 Å². The first kappa shape index (κ1) is 22.9. The van der Waals surface area contributed by atoms with Gasteiger partial charge in [-0.05, 0) is 55.5 Å². The van der Waals surface area contributed by atoms with Gasteiger partial charge in [0, 0.05) is 23.5 Å². The van der Waals surface area contributed by atoms with Crippen molar-refractivity contribution in [3.8, 4) is 5.88 Å². The summed E-state index contributed by atoms with van der Waals surface area (Å²) in [6, 6.07) is 24.4. The molecule has 0 bridgehead atoms. The minimum absolute atomic E-state index is 0.323. The summed E-state index contributed by atoms with van der Waals surface area (Å²) < 4.78 is 6.05. The van der Waals surface area contributed by atoms with E-state index in [4.69, 9.17) is 9.72 Å². The van der Waals surface area contributed by atoms with Crippen molar-refractivity contribution in [2.45, 2.75) is 38.8 Å². The van der Waals surface area contributed by atoms with Crippen molar-refractivity contribution in [2.24, 2.45) is 11.0 Å². The molecule has 7 nitrogen and oxygen atoms in total. The van der Waals surface area contributed by atoms with Crippen molar-refractivity contribution in [1.82, 2.24) is 20.5 Å². The summed E-state index contributed by atoms with van der Waals surface area (Å²) in [6.45, 7) is 1.94. The van der Waals surface area contributed by atoms with Gasteiger partial charge in [-0.1, -0.05) is 61.0 Å². The molecule has 1 saturated carbocycles. The molecule has 0 spiro atoms. The molecule has 1 fully saturated rings. The monoisotopic (exact) mass is 466 g/mol. The van der Waals surface area contributed by atoms with Crippen LogP contribution in [0.3, 0.4) is 0 Å². The molecule has 0 saturated heterocycles. The number of nitrogens with one attached hydrogen (secondary N) is 2. The number of benzene rings is 2. The second-order valence-corrected chi connectivity index (χ2v) is 8.80. The Bertz CT molecular complexity index is 1270. The second kappa shape index (κ2) is 11.5. The standard InChI is InChI=1S/C28H30N6O/c1-2-8-21(9-3-1)16-17-29-19-23-12-7-13-24(31-23)20-35-28-26-15-5-4-14-25(26)27(33-34-28)32-30-18-22-10-6-11-22/h1-5,7-9,12-15,18,22,29H,6,10-11,16-17,19-20H2,(H,32,33)/b30-18+. The molecule has 178 valence electrons. The molecule has 0 radical (unpaired) electrons. The lowest BCUT2D eigenvalue weighted by Gasteiger charge is -2.20. The van der Waals surface area contributed by atoms with Crippen LogP contribution in [0.15, 0.2) is 77.9 Å². The third-order valence-corrected chi connectivity index (χ3v) is 6.22. The van der Waals surface area contributed by atoms with E-state index in [2.05, 4.69) is 50.3 Å². The minimum atomic E-state index is 0.323. The summed E-state index contributed by atoms with van der Waals surface area (Å²) in [7, 11) is 0. The molecule has 2 aromatic carbocycles. The first-order valence-corrected chi connectivity index (χ1v) is 12.2. The van der Waals surface area contributed by atoms with E-state index in [0.29, 0.717) is 30.8 Å². The fourth-order valence-corrected chi connectivity index (χ4v) is 4.01. The number of ether oxygens (including phenoxy) is 1. The molecule has 0 aliphatic heterocycles. The van der Waals surface area contributed by atoms with Gasteiger partial charge in [-0.2, -0.15) is 5.10 Å². The van der Waals surface area contributed by atoms with E-state index < -0.39 is 0 Å². The van der Waals surface area contributed by atoms with Crippen LogP contribution in [0.25, 0.3) is 10.8 Å². The Hall–Kier alpha value is -3.84. The van der Waals surface area contributed by atoms with Gasteiger partial charge in [0.25, 0.3) is 0 Å². The third-order valence-electron chi connectivity index (χ3n) is 6.22. The van der Waals surface area contributed by atoms with Crippen LogP contribution < -0.4 is 15.5 Å². The number of hydrazone groups is 1. The summed E-state index contributed by atoms with van der Waals surface area (Å²) in [5, 5.41) is 18.3. The van der Waals surface area contributed by atoms with Crippen molar-refractivity contribution in [1.29, 1.82) is 0 Å². The Labute approximate surface area is 205 Å². The van der Waals surface area contributed by atoms with Crippen LogP contribution in [-0.4, -0.2) is 27.9 Å². The normalized spacial score (nSPS) is 13.7. The molecular weight excluding hydrogens is 436 g/mol. The van der Waals surface area contributed by atoms with Gasteiger partial charge in [0.15, 0.2) is 5.82 Å². The highest BCUT2D eigenvalue weighted by Gasteiger charge is 2.15. The molecular formula is C28H30N6O. The average Bonchev–Trinajstić information content (AvgIpc) is 2.88. The fraction of sp³-hybridized carbons (Fsp3) is 0.286. The zero-order chi connectivity index (χ0) is 23.7. The lowest BCUT2D eigenvalue weighted by molar-refractivity contribution is 0.289. The molecule has 0 unspecified atom stereocenters. The van der Waals surface area contributed by atoms with E-state index in [0.717, 1.165) is 35.1 Å². The second-order valence-electron chi connectivity index (χ2n) is 8.80. The third kappa shape index (κ3) is 6.19. The summed E-state index contributed by atoms with van der Waals surface area (Å²) in [4.78, 5) is 4.73. The quantitative estimate of drug-likeness (QED) is 0.181. The Morgan fingerprint density at radius 2 is 1.69 bits per heavy atom. The SMILES string of the molecule is C(=N\Nc1nnc(OCc2cccc(CNCCc3ccccc3)n2)c2ccccc12)/C1CCC1. The summed E-state index contributed by atoms with van der Waals surface area (Å²) in [5.74, 6) is 1.69. The van der Waals surface area contributed by atoms with Gasteiger partial charge >= 0.3 is 0 Å². The summed E-state index contributed by atoms with van der Waals surface area (Å²) in [6.07, 6.45) is 6.67. The number of hydrogen-bond donors (Lipinski definition) is 2. The molecule has 7 heteroatoms. The maximum atomic E-state index is 6.05. The fourth-order valence-electron chi connectivity index (χ4n) is 4.01. The van der Waals surface area contributed by atoms with Crippen molar-refractivity contribution in [3.05, 3.63) is 89.7 Å². The molecule has 2 N–H and O–H groups in total. The number of nitrogens with zero attached hydrogens (tertiary/aromatic N) is 4. The molecule has 0 amide bonds. The summed E-state index contributed by atoms with van der Waals surface area (Å²) in [5.41, 5.74) is 6.22.